The van der Waals surface area contributed by atoms with Gasteiger partial charge in [0, 0.05) is 18.8 Å². The molecule has 0 saturated heterocycles. The van der Waals surface area contributed by atoms with Crippen molar-refractivity contribution >= 4 is 17.5 Å². The standard InChI is InChI=1S/C21H22N2O2/c1-14-5-4-6-15(11-14)13-22-20(24)17-12-18(17)21(25)23-10-9-16-7-2-3-8-19(16)23/h2-8,11,17-18H,9-10,12-13H2,1H3,(H,22,24). The zero-order chi connectivity index (χ0) is 17.4. The molecular formula is C21H22N2O2. The van der Waals surface area contributed by atoms with Gasteiger partial charge in [0.2, 0.25) is 11.8 Å². The van der Waals surface area contributed by atoms with Crippen LogP contribution in [0.5, 0.6) is 0 Å². The molecule has 0 spiro atoms. The van der Waals surface area contributed by atoms with Crippen LogP contribution in [-0.2, 0) is 22.6 Å². The summed E-state index contributed by atoms with van der Waals surface area (Å²) in [5, 5.41) is 2.97. The molecule has 1 aliphatic heterocycles. The fourth-order valence-corrected chi connectivity index (χ4v) is 3.67. The van der Waals surface area contributed by atoms with Crippen molar-refractivity contribution in [3.63, 3.8) is 0 Å². The molecule has 0 bridgehead atoms. The Balaban J connectivity index is 1.34. The molecule has 25 heavy (non-hydrogen) atoms. The van der Waals surface area contributed by atoms with Gasteiger partial charge in [-0.2, -0.15) is 0 Å². The Hall–Kier alpha value is -2.62. The largest absolute Gasteiger partial charge is 0.352 e. The average molecular weight is 334 g/mol. The van der Waals surface area contributed by atoms with Crippen molar-refractivity contribution in [2.75, 3.05) is 11.4 Å². The molecule has 1 aliphatic carbocycles. The number of benzene rings is 2. The van der Waals surface area contributed by atoms with E-state index in [2.05, 4.69) is 17.4 Å². The molecule has 2 aromatic carbocycles. The van der Waals surface area contributed by atoms with Crippen LogP contribution in [0.1, 0.15) is 23.1 Å². The Labute approximate surface area is 147 Å². The number of carbonyl (C=O) groups excluding carboxylic acids is 2. The summed E-state index contributed by atoms with van der Waals surface area (Å²) in [6, 6.07) is 16.1. The molecule has 0 aromatic heterocycles. The number of nitrogens with zero attached hydrogens (tertiary/aromatic N) is 1. The molecule has 4 heteroatoms. The summed E-state index contributed by atoms with van der Waals surface area (Å²) in [5.74, 6) is -0.248. The summed E-state index contributed by atoms with van der Waals surface area (Å²) < 4.78 is 0. The zero-order valence-corrected chi connectivity index (χ0v) is 14.4. The van der Waals surface area contributed by atoms with Crippen molar-refractivity contribution in [3.8, 4) is 0 Å². The average Bonchev–Trinajstić information content (AvgIpc) is 3.31. The van der Waals surface area contributed by atoms with E-state index in [0.717, 1.165) is 24.2 Å². The van der Waals surface area contributed by atoms with Gasteiger partial charge in [-0.1, -0.05) is 48.0 Å². The third kappa shape index (κ3) is 3.16. The van der Waals surface area contributed by atoms with Gasteiger partial charge < -0.3 is 10.2 Å². The molecule has 4 rings (SSSR count). The summed E-state index contributed by atoms with van der Waals surface area (Å²) in [6.45, 7) is 3.28. The molecular weight excluding hydrogens is 312 g/mol. The van der Waals surface area contributed by atoms with Crippen molar-refractivity contribution in [1.29, 1.82) is 0 Å². The minimum Gasteiger partial charge on any atom is -0.352 e. The molecule has 2 aliphatic rings. The van der Waals surface area contributed by atoms with E-state index < -0.39 is 0 Å². The van der Waals surface area contributed by atoms with Gasteiger partial charge in [0.1, 0.15) is 0 Å². The van der Waals surface area contributed by atoms with Crippen LogP contribution in [0, 0.1) is 18.8 Å². The molecule has 2 atom stereocenters. The minimum atomic E-state index is -0.176. The van der Waals surface area contributed by atoms with Crippen LogP contribution in [-0.4, -0.2) is 18.4 Å². The van der Waals surface area contributed by atoms with E-state index in [1.54, 1.807) is 0 Å². The maximum absolute atomic E-state index is 12.8. The SMILES string of the molecule is Cc1cccc(CNC(=O)C2CC2C(=O)N2CCc3ccccc32)c1. The van der Waals surface area contributed by atoms with E-state index in [9.17, 15) is 9.59 Å². The highest BCUT2D eigenvalue weighted by molar-refractivity contribution is 6.02. The predicted molar refractivity (Wildman–Crippen MR) is 97.1 cm³/mol. The molecule has 128 valence electrons. The van der Waals surface area contributed by atoms with Gasteiger partial charge in [-0.05, 0) is 37.0 Å². The second-order valence-corrected chi connectivity index (χ2v) is 7.02. The minimum absolute atomic E-state index is 0.00709. The Morgan fingerprint density at radius 2 is 1.96 bits per heavy atom. The third-order valence-electron chi connectivity index (χ3n) is 5.15. The number of rotatable bonds is 4. The Morgan fingerprint density at radius 3 is 2.80 bits per heavy atom. The highest BCUT2D eigenvalue weighted by Gasteiger charge is 2.50. The van der Waals surface area contributed by atoms with Gasteiger partial charge >= 0.3 is 0 Å². The highest BCUT2D eigenvalue weighted by atomic mass is 16.2. The van der Waals surface area contributed by atoms with Crippen LogP contribution in [0.2, 0.25) is 0 Å². The summed E-state index contributed by atoms with van der Waals surface area (Å²) >= 11 is 0. The fourth-order valence-electron chi connectivity index (χ4n) is 3.67. The Kier molecular flexibility index (Phi) is 4.04. The van der Waals surface area contributed by atoms with Crippen molar-refractivity contribution in [1.82, 2.24) is 5.32 Å². The first-order valence-electron chi connectivity index (χ1n) is 8.86. The number of hydrogen-bond donors (Lipinski definition) is 1. The number of amides is 2. The second kappa shape index (κ2) is 6.36. The number of aryl methyl sites for hydroxylation is 1. The number of hydrogen-bond acceptors (Lipinski definition) is 2. The van der Waals surface area contributed by atoms with E-state index >= 15 is 0 Å². The number of para-hydroxylation sites is 1. The lowest BCUT2D eigenvalue weighted by molar-refractivity contribution is -0.126. The maximum atomic E-state index is 12.8. The zero-order valence-electron chi connectivity index (χ0n) is 14.4. The fraction of sp³-hybridized carbons (Fsp3) is 0.333. The van der Waals surface area contributed by atoms with Crippen molar-refractivity contribution in [2.24, 2.45) is 11.8 Å². The van der Waals surface area contributed by atoms with Crippen LogP contribution >= 0.6 is 0 Å². The van der Waals surface area contributed by atoms with E-state index in [0.29, 0.717) is 13.0 Å². The van der Waals surface area contributed by atoms with Crippen molar-refractivity contribution in [2.45, 2.75) is 26.3 Å². The van der Waals surface area contributed by atoms with Crippen LogP contribution in [0.15, 0.2) is 48.5 Å². The summed E-state index contributed by atoms with van der Waals surface area (Å²) in [5.41, 5.74) is 4.50. The van der Waals surface area contributed by atoms with Gasteiger partial charge in [-0.15, -0.1) is 0 Å². The first-order valence-corrected chi connectivity index (χ1v) is 8.86. The van der Waals surface area contributed by atoms with E-state index in [-0.39, 0.29) is 23.7 Å². The Bertz CT molecular complexity index is 830. The molecule has 1 saturated carbocycles. The van der Waals surface area contributed by atoms with Crippen LogP contribution in [0.4, 0.5) is 5.69 Å². The molecule has 1 heterocycles. The maximum Gasteiger partial charge on any atom is 0.230 e. The summed E-state index contributed by atoms with van der Waals surface area (Å²) in [7, 11) is 0. The van der Waals surface area contributed by atoms with E-state index in [1.165, 1.54) is 11.1 Å². The molecule has 1 N–H and O–H groups in total. The van der Waals surface area contributed by atoms with E-state index in [1.807, 2.05) is 48.2 Å². The number of fused-ring (bicyclic) bond motifs is 1. The monoisotopic (exact) mass is 334 g/mol. The second-order valence-electron chi connectivity index (χ2n) is 7.02. The van der Waals surface area contributed by atoms with Crippen LogP contribution in [0.25, 0.3) is 0 Å². The van der Waals surface area contributed by atoms with Gasteiger partial charge in [-0.25, -0.2) is 0 Å². The first-order chi connectivity index (χ1) is 12.1. The molecule has 0 radical (unpaired) electrons. The molecule has 2 amide bonds. The first kappa shape index (κ1) is 15.9. The lowest BCUT2D eigenvalue weighted by atomic mass is 10.1. The van der Waals surface area contributed by atoms with Crippen molar-refractivity contribution < 1.29 is 9.59 Å². The molecule has 2 unspecified atom stereocenters. The summed E-state index contributed by atoms with van der Waals surface area (Å²) in [6.07, 6.45) is 1.57. The lowest BCUT2D eigenvalue weighted by Gasteiger charge is -2.17. The Morgan fingerprint density at radius 1 is 1.12 bits per heavy atom. The topological polar surface area (TPSA) is 49.4 Å². The van der Waals surface area contributed by atoms with Gasteiger partial charge in [0.25, 0.3) is 0 Å². The molecule has 1 fully saturated rings. The molecule has 4 nitrogen and oxygen atoms in total. The highest BCUT2D eigenvalue weighted by Crippen LogP contribution is 2.42. The third-order valence-corrected chi connectivity index (χ3v) is 5.15. The van der Waals surface area contributed by atoms with Crippen molar-refractivity contribution in [3.05, 3.63) is 65.2 Å². The van der Waals surface area contributed by atoms with Crippen LogP contribution < -0.4 is 10.2 Å². The smallest absolute Gasteiger partial charge is 0.230 e. The van der Waals surface area contributed by atoms with E-state index in [4.69, 9.17) is 0 Å². The number of nitrogens with one attached hydrogen (secondary N) is 1. The summed E-state index contributed by atoms with van der Waals surface area (Å²) in [4.78, 5) is 27.0. The number of carbonyl (C=O) groups is 2. The predicted octanol–water partition coefficient (Wildman–Crippen LogP) is 2.84. The van der Waals surface area contributed by atoms with Gasteiger partial charge in [0.05, 0.1) is 11.8 Å². The normalized spacial score (nSPS) is 20.9. The van der Waals surface area contributed by atoms with Gasteiger partial charge in [0.15, 0.2) is 0 Å². The molecule has 2 aromatic rings. The quantitative estimate of drug-likeness (QED) is 0.935. The van der Waals surface area contributed by atoms with Gasteiger partial charge in [-0.3, -0.25) is 9.59 Å². The van der Waals surface area contributed by atoms with Crippen LogP contribution in [0.3, 0.4) is 0 Å². The number of anilines is 1. The lowest BCUT2D eigenvalue weighted by Crippen LogP contribution is -2.33.